The lowest BCUT2D eigenvalue weighted by Crippen LogP contribution is -2.55. The first-order chi connectivity index (χ1) is 9.11. The molecule has 1 aromatic rings. The lowest BCUT2D eigenvalue weighted by atomic mass is 9.84. The number of nitrogens with one attached hydrogen (secondary N) is 1. The van der Waals surface area contributed by atoms with Crippen LogP contribution in [0.2, 0.25) is 0 Å². The van der Waals surface area contributed by atoms with Crippen molar-refractivity contribution in [2.24, 2.45) is 7.05 Å². The van der Waals surface area contributed by atoms with Gasteiger partial charge in [-0.3, -0.25) is 9.58 Å². The minimum absolute atomic E-state index is 0.142. The van der Waals surface area contributed by atoms with Crippen LogP contribution in [0.5, 0.6) is 0 Å². The largest absolute Gasteiger partial charge is 0.310 e. The molecule has 0 saturated carbocycles. The standard InChI is InChI=1S/C15H28N4/c1-5-15(2,19-10-7-6-8-11-19)14(16-3)13-9-12-18(4)17-13/h9,12,14,16H,5-8,10-11H2,1-4H3. The number of nitrogens with zero attached hydrogens (tertiary/aromatic N) is 3. The van der Waals surface area contributed by atoms with Crippen LogP contribution in [0.15, 0.2) is 12.3 Å². The molecule has 2 unspecified atom stereocenters. The van der Waals surface area contributed by atoms with E-state index in [-0.39, 0.29) is 11.6 Å². The van der Waals surface area contributed by atoms with E-state index >= 15 is 0 Å². The first-order valence-corrected chi connectivity index (χ1v) is 7.53. The molecule has 2 heterocycles. The van der Waals surface area contributed by atoms with Gasteiger partial charge in [0.15, 0.2) is 0 Å². The number of aromatic nitrogens is 2. The molecule has 0 bridgehead atoms. The third-order valence-corrected chi connectivity index (χ3v) is 4.73. The number of piperidine rings is 1. The van der Waals surface area contributed by atoms with Crippen molar-refractivity contribution < 1.29 is 0 Å². The highest BCUT2D eigenvalue weighted by atomic mass is 15.3. The molecule has 0 aromatic carbocycles. The molecule has 1 aromatic heterocycles. The van der Waals surface area contributed by atoms with Gasteiger partial charge >= 0.3 is 0 Å². The van der Waals surface area contributed by atoms with Crippen molar-refractivity contribution in [2.75, 3.05) is 20.1 Å². The molecule has 4 heteroatoms. The van der Waals surface area contributed by atoms with Crippen molar-refractivity contribution in [2.45, 2.75) is 51.1 Å². The van der Waals surface area contributed by atoms with Crippen LogP contribution in [-0.2, 0) is 7.05 Å². The summed E-state index contributed by atoms with van der Waals surface area (Å²) in [7, 11) is 4.04. The Morgan fingerprint density at radius 1 is 1.37 bits per heavy atom. The molecule has 1 aliphatic heterocycles. The summed E-state index contributed by atoms with van der Waals surface area (Å²) in [4.78, 5) is 2.66. The average molecular weight is 264 g/mol. The topological polar surface area (TPSA) is 33.1 Å². The highest BCUT2D eigenvalue weighted by molar-refractivity contribution is 5.13. The zero-order valence-electron chi connectivity index (χ0n) is 12.8. The first-order valence-electron chi connectivity index (χ1n) is 7.53. The molecular weight excluding hydrogens is 236 g/mol. The molecule has 1 fully saturated rings. The second-order valence-corrected chi connectivity index (χ2v) is 5.89. The summed E-state index contributed by atoms with van der Waals surface area (Å²) >= 11 is 0. The molecule has 1 saturated heterocycles. The summed E-state index contributed by atoms with van der Waals surface area (Å²) in [6.07, 6.45) is 7.20. The summed E-state index contributed by atoms with van der Waals surface area (Å²) in [5.74, 6) is 0. The van der Waals surface area contributed by atoms with Gasteiger partial charge in [0, 0.05) is 18.8 Å². The Morgan fingerprint density at radius 2 is 2.05 bits per heavy atom. The van der Waals surface area contributed by atoms with Gasteiger partial charge in [-0.15, -0.1) is 0 Å². The maximum absolute atomic E-state index is 4.62. The predicted molar refractivity (Wildman–Crippen MR) is 79.1 cm³/mol. The Bertz CT molecular complexity index is 395. The average Bonchev–Trinajstić information content (AvgIpc) is 2.86. The van der Waals surface area contributed by atoms with Crippen LogP contribution in [0.4, 0.5) is 0 Å². The van der Waals surface area contributed by atoms with Gasteiger partial charge in [-0.05, 0) is 52.4 Å². The smallest absolute Gasteiger partial charge is 0.0812 e. The van der Waals surface area contributed by atoms with Gasteiger partial charge in [0.1, 0.15) is 0 Å². The summed E-state index contributed by atoms with van der Waals surface area (Å²) in [6, 6.07) is 2.43. The Kier molecular flexibility index (Phi) is 4.63. The first kappa shape index (κ1) is 14.5. The number of rotatable bonds is 5. The number of hydrogen-bond donors (Lipinski definition) is 1. The zero-order chi connectivity index (χ0) is 13.9. The molecule has 2 rings (SSSR count). The Morgan fingerprint density at radius 3 is 2.53 bits per heavy atom. The molecule has 2 atom stereocenters. The summed E-state index contributed by atoms with van der Waals surface area (Å²) in [6.45, 7) is 7.11. The van der Waals surface area contributed by atoms with E-state index in [4.69, 9.17) is 0 Å². The normalized spacial score (nSPS) is 22.1. The fraction of sp³-hybridized carbons (Fsp3) is 0.800. The molecule has 19 heavy (non-hydrogen) atoms. The molecule has 0 amide bonds. The van der Waals surface area contributed by atoms with Gasteiger partial charge in [-0.1, -0.05) is 13.3 Å². The minimum atomic E-state index is 0.142. The van der Waals surface area contributed by atoms with Crippen LogP contribution in [0.25, 0.3) is 0 Å². The predicted octanol–water partition coefficient (Wildman–Crippen LogP) is 2.34. The van der Waals surface area contributed by atoms with Gasteiger partial charge in [-0.25, -0.2) is 0 Å². The lowest BCUT2D eigenvalue weighted by molar-refractivity contribution is 0.0434. The molecule has 1 N–H and O–H groups in total. The second-order valence-electron chi connectivity index (χ2n) is 5.89. The van der Waals surface area contributed by atoms with E-state index in [9.17, 15) is 0 Å². The van der Waals surface area contributed by atoms with Gasteiger partial charge in [-0.2, -0.15) is 5.10 Å². The molecule has 0 radical (unpaired) electrons. The molecular formula is C15H28N4. The quantitative estimate of drug-likeness (QED) is 0.886. The van der Waals surface area contributed by atoms with Gasteiger partial charge in [0.2, 0.25) is 0 Å². The van der Waals surface area contributed by atoms with E-state index in [1.165, 1.54) is 32.4 Å². The van der Waals surface area contributed by atoms with E-state index in [1.807, 2.05) is 17.9 Å². The SMILES string of the molecule is CCC(C)(C(NC)c1ccn(C)n1)N1CCCCC1. The van der Waals surface area contributed by atoms with Crippen molar-refractivity contribution in [3.8, 4) is 0 Å². The van der Waals surface area contributed by atoms with Crippen molar-refractivity contribution >= 4 is 0 Å². The lowest BCUT2D eigenvalue weighted by Gasteiger charge is -2.47. The number of likely N-dealkylation sites (tertiary alicyclic amines) is 1. The van der Waals surface area contributed by atoms with E-state index in [1.54, 1.807) is 0 Å². The van der Waals surface area contributed by atoms with Crippen LogP contribution in [0.3, 0.4) is 0 Å². The van der Waals surface area contributed by atoms with Crippen molar-refractivity contribution in [3.05, 3.63) is 18.0 Å². The van der Waals surface area contributed by atoms with Crippen LogP contribution in [0.1, 0.15) is 51.3 Å². The van der Waals surface area contributed by atoms with Gasteiger partial charge in [0.05, 0.1) is 11.7 Å². The summed E-state index contributed by atoms with van der Waals surface area (Å²) in [5.41, 5.74) is 1.30. The van der Waals surface area contributed by atoms with Crippen LogP contribution in [-0.4, -0.2) is 40.4 Å². The maximum atomic E-state index is 4.62. The molecule has 0 aliphatic carbocycles. The van der Waals surface area contributed by atoms with Gasteiger partial charge in [0.25, 0.3) is 0 Å². The zero-order valence-corrected chi connectivity index (χ0v) is 12.8. The van der Waals surface area contributed by atoms with Crippen LogP contribution < -0.4 is 5.32 Å². The third-order valence-electron chi connectivity index (χ3n) is 4.73. The number of likely N-dealkylation sites (N-methyl/N-ethyl adjacent to an activating group) is 1. The summed E-state index contributed by atoms with van der Waals surface area (Å²) < 4.78 is 1.89. The monoisotopic (exact) mass is 264 g/mol. The molecule has 108 valence electrons. The van der Waals surface area contributed by atoms with Crippen molar-refractivity contribution in [1.82, 2.24) is 20.0 Å². The van der Waals surface area contributed by atoms with Crippen molar-refractivity contribution in [1.29, 1.82) is 0 Å². The minimum Gasteiger partial charge on any atom is -0.310 e. The fourth-order valence-electron chi connectivity index (χ4n) is 3.38. The Labute approximate surface area is 117 Å². The van der Waals surface area contributed by atoms with E-state index in [2.05, 4.69) is 42.3 Å². The third kappa shape index (κ3) is 2.84. The van der Waals surface area contributed by atoms with E-state index in [0.717, 1.165) is 12.1 Å². The van der Waals surface area contributed by atoms with Crippen molar-refractivity contribution in [3.63, 3.8) is 0 Å². The fourth-order valence-corrected chi connectivity index (χ4v) is 3.38. The molecule has 1 aliphatic rings. The summed E-state index contributed by atoms with van der Waals surface area (Å²) in [5, 5.41) is 8.12. The maximum Gasteiger partial charge on any atom is 0.0812 e. The second kappa shape index (κ2) is 6.06. The highest BCUT2D eigenvalue weighted by Crippen LogP contribution is 2.35. The Hall–Kier alpha value is -0.870. The van der Waals surface area contributed by atoms with Gasteiger partial charge < -0.3 is 5.32 Å². The Balaban J connectivity index is 2.25. The molecule has 4 nitrogen and oxygen atoms in total. The highest BCUT2D eigenvalue weighted by Gasteiger charge is 2.39. The number of aryl methyl sites for hydroxylation is 1. The van der Waals surface area contributed by atoms with E-state index in [0.29, 0.717) is 0 Å². The molecule has 0 spiro atoms. The van der Waals surface area contributed by atoms with Crippen LogP contribution in [0, 0.1) is 0 Å². The van der Waals surface area contributed by atoms with Crippen LogP contribution >= 0.6 is 0 Å². The van der Waals surface area contributed by atoms with E-state index < -0.39 is 0 Å². The number of hydrogen-bond acceptors (Lipinski definition) is 3.